The second kappa shape index (κ2) is 8.98. The molecular formula is C29H31N3O2. The van der Waals surface area contributed by atoms with Gasteiger partial charge in [-0.2, -0.15) is 0 Å². The lowest BCUT2D eigenvalue weighted by Crippen LogP contribution is -2.25. The minimum Gasteiger partial charge on any atom is -0.491 e. The number of hydrogen-bond donors (Lipinski definition) is 0. The van der Waals surface area contributed by atoms with E-state index < -0.39 is 0 Å². The zero-order chi connectivity index (χ0) is 23.8. The number of carbonyl (C=O) groups is 1. The summed E-state index contributed by atoms with van der Waals surface area (Å²) in [4.78, 5) is 20.0. The van der Waals surface area contributed by atoms with Gasteiger partial charge in [0.25, 0.3) is 0 Å². The largest absolute Gasteiger partial charge is 0.491 e. The second-order valence-corrected chi connectivity index (χ2v) is 9.28. The van der Waals surface area contributed by atoms with Crippen LogP contribution in [0.2, 0.25) is 0 Å². The molecule has 1 aliphatic rings. The second-order valence-electron chi connectivity index (χ2n) is 9.28. The molecule has 1 atom stereocenters. The van der Waals surface area contributed by atoms with Crippen LogP contribution in [-0.4, -0.2) is 28.6 Å². The summed E-state index contributed by atoms with van der Waals surface area (Å²) in [7, 11) is 0. The smallest absolute Gasteiger partial charge is 0.227 e. The van der Waals surface area contributed by atoms with E-state index in [1.54, 1.807) is 0 Å². The van der Waals surface area contributed by atoms with E-state index in [2.05, 4.69) is 50.5 Å². The molecule has 0 aliphatic carbocycles. The molecule has 1 amide bonds. The Labute approximate surface area is 201 Å². The molecule has 1 unspecified atom stereocenters. The Morgan fingerprint density at radius 3 is 2.47 bits per heavy atom. The highest BCUT2D eigenvalue weighted by Gasteiger charge is 2.35. The third-order valence-electron chi connectivity index (χ3n) is 7.17. The molecule has 0 radical (unpaired) electrons. The number of anilines is 1. The lowest BCUT2D eigenvalue weighted by Gasteiger charge is -2.20. The van der Waals surface area contributed by atoms with Crippen LogP contribution in [0.15, 0.2) is 60.7 Å². The molecule has 0 spiro atoms. The fraction of sp³-hybridized carbons (Fsp3) is 0.310. The van der Waals surface area contributed by atoms with Gasteiger partial charge in [-0.25, -0.2) is 4.98 Å². The van der Waals surface area contributed by atoms with Crippen molar-refractivity contribution < 1.29 is 9.53 Å². The third kappa shape index (κ3) is 3.96. The van der Waals surface area contributed by atoms with Crippen LogP contribution < -0.4 is 9.64 Å². The Bertz CT molecular complexity index is 1370. The van der Waals surface area contributed by atoms with E-state index in [4.69, 9.17) is 9.72 Å². The summed E-state index contributed by atoms with van der Waals surface area (Å²) in [6.07, 6.45) is 0.467. The Hall–Kier alpha value is -3.60. The Kier molecular flexibility index (Phi) is 5.86. The van der Waals surface area contributed by atoms with Crippen LogP contribution in [0.1, 0.15) is 40.4 Å². The number of fused-ring (bicyclic) bond motifs is 1. The summed E-state index contributed by atoms with van der Waals surface area (Å²) < 4.78 is 8.41. The number of para-hydroxylation sites is 2. The Morgan fingerprint density at radius 1 is 0.912 bits per heavy atom. The molecule has 1 aromatic heterocycles. The zero-order valence-electron chi connectivity index (χ0n) is 20.3. The van der Waals surface area contributed by atoms with Crippen LogP contribution in [0.4, 0.5) is 5.69 Å². The summed E-state index contributed by atoms with van der Waals surface area (Å²) in [5.41, 5.74) is 7.80. The highest BCUT2D eigenvalue weighted by Crippen LogP contribution is 2.35. The number of carbonyl (C=O) groups excluding carboxylic acids is 1. The summed E-state index contributed by atoms with van der Waals surface area (Å²) in [6.45, 7) is 10.2. The van der Waals surface area contributed by atoms with Crippen molar-refractivity contribution in [1.82, 2.24) is 9.55 Å². The molecule has 0 saturated carbocycles. The van der Waals surface area contributed by atoms with E-state index in [9.17, 15) is 4.79 Å². The first-order valence-corrected chi connectivity index (χ1v) is 11.9. The number of amides is 1. The molecule has 4 aromatic rings. The van der Waals surface area contributed by atoms with Crippen LogP contribution in [0.5, 0.6) is 5.75 Å². The molecular weight excluding hydrogens is 422 g/mol. The summed E-state index contributed by atoms with van der Waals surface area (Å²) >= 11 is 0. The number of benzene rings is 3. The summed E-state index contributed by atoms with van der Waals surface area (Å²) in [6, 6.07) is 20.5. The molecule has 0 bridgehead atoms. The van der Waals surface area contributed by atoms with E-state index in [1.807, 2.05) is 47.4 Å². The first kappa shape index (κ1) is 22.2. The SMILES string of the molecule is Cc1cccc(OCCn2c(C3CC(=O)N(c4cccc(C)c4C)C3)nc3ccccc32)c1C. The van der Waals surface area contributed by atoms with Gasteiger partial charge in [0.2, 0.25) is 5.91 Å². The molecule has 5 rings (SSSR count). The standard InChI is InChI=1S/C29H31N3O2/c1-19-9-7-13-25(21(19)3)32-18-23(17-28(32)33)29-30-24-11-5-6-12-26(24)31(29)15-16-34-27-14-8-10-20(2)22(27)4/h5-14,23H,15-18H2,1-4H3. The molecule has 34 heavy (non-hydrogen) atoms. The van der Waals surface area contributed by atoms with Gasteiger partial charge in [-0.3, -0.25) is 4.79 Å². The van der Waals surface area contributed by atoms with E-state index in [-0.39, 0.29) is 11.8 Å². The average molecular weight is 454 g/mol. The number of aromatic nitrogens is 2. The molecule has 174 valence electrons. The van der Waals surface area contributed by atoms with Gasteiger partial charge in [0, 0.05) is 24.6 Å². The third-order valence-corrected chi connectivity index (χ3v) is 7.17. The van der Waals surface area contributed by atoms with Crippen molar-refractivity contribution >= 4 is 22.6 Å². The average Bonchev–Trinajstić information content (AvgIpc) is 3.39. The van der Waals surface area contributed by atoms with Crippen LogP contribution in [0.25, 0.3) is 11.0 Å². The van der Waals surface area contributed by atoms with Crippen LogP contribution >= 0.6 is 0 Å². The summed E-state index contributed by atoms with van der Waals surface area (Å²) in [5.74, 6) is 2.08. The first-order valence-electron chi connectivity index (χ1n) is 11.9. The van der Waals surface area contributed by atoms with Crippen molar-refractivity contribution in [2.75, 3.05) is 18.1 Å². The predicted molar refractivity (Wildman–Crippen MR) is 137 cm³/mol. The number of ether oxygens (including phenoxy) is 1. The molecule has 1 fully saturated rings. The van der Waals surface area contributed by atoms with Crippen LogP contribution in [0, 0.1) is 27.7 Å². The van der Waals surface area contributed by atoms with Gasteiger partial charge in [0.1, 0.15) is 18.2 Å². The molecule has 5 heteroatoms. The lowest BCUT2D eigenvalue weighted by atomic mass is 10.1. The topological polar surface area (TPSA) is 47.4 Å². The maximum atomic E-state index is 13.1. The van der Waals surface area contributed by atoms with Crippen molar-refractivity contribution in [2.45, 2.75) is 46.6 Å². The maximum absolute atomic E-state index is 13.1. The number of aryl methyl sites for hydroxylation is 2. The number of rotatable bonds is 6. The molecule has 1 saturated heterocycles. The molecule has 2 heterocycles. The lowest BCUT2D eigenvalue weighted by molar-refractivity contribution is -0.117. The van der Waals surface area contributed by atoms with Crippen LogP contribution in [-0.2, 0) is 11.3 Å². The van der Waals surface area contributed by atoms with Crippen molar-refractivity contribution in [3.05, 3.63) is 88.7 Å². The van der Waals surface area contributed by atoms with Gasteiger partial charge in [-0.1, -0.05) is 36.4 Å². The number of imidazole rings is 1. The number of hydrogen-bond acceptors (Lipinski definition) is 3. The van der Waals surface area contributed by atoms with Gasteiger partial charge < -0.3 is 14.2 Å². The van der Waals surface area contributed by atoms with Gasteiger partial charge in [0.15, 0.2) is 0 Å². The fourth-order valence-corrected chi connectivity index (χ4v) is 4.91. The van der Waals surface area contributed by atoms with Gasteiger partial charge >= 0.3 is 0 Å². The highest BCUT2D eigenvalue weighted by atomic mass is 16.5. The first-order chi connectivity index (χ1) is 16.4. The monoisotopic (exact) mass is 453 g/mol. The Balaban J connectivity index is 1.42. The number of nitrogens with zero attached hydrogens (tertiary/aromatic N) is 3. The maximum Gasteiger partial charge on any atom is 0.227 e. The van der Waals surface area contributed by atoms with E-state index in [0.717, 1.165) is 33.9 Å². The van der Waals surface area contributed by atoms with Crippen molar-refractivity contribution in [2.24, 2.45) is 0 Å². The van der Waals surface area contributed by atoms with Gasteiger partial charge in [0.05, 0.1) is 17.6 Å². The highest BCUT2D eigenvalue weighted by molar-refractivity contribution is 5.97. The van der Waals surface area contributed by atoms with Crippen LogP contribution in [0.3, 0.4) is 0 Å². The van der Waals surface area contributed by atoms with E-state index >= 15 is 0 Å². The Morgan fingerprint density at radius 2 is 1.65 bits per heavy atom. The zero-order valence-corrected chi connectivity index (χ0v) is 20.3. The normalized spacial score (nSPS) is 15.9. The fourth-order valence-electron chi connectivity index (χ4n) is 4.91. The van der Waals surface area contributed by atoms with E-state index in [1.165, 1.54) is 16.7 Å². The van der Waals surface area contributed by atoms with Crippen molar-refractivity contribution in [3.8, 4) is 5.75 Å². The molecule has 0 N–H and O–H groups in total. The summed E-state index contributed by atoms with van der Waals surface area (Å²) in [5, 5.41) is 0. The molecule has 1 aliphatic heterocycles. The minimum atomic E-state index is 0.0421. The van der Waals surface area contributed by atoms with Crippen molar-refractivity contribution in [1.29, 1.82) is 0 Å². The predicted octanol–water partition coefficient (Wildman–Crippen LogP) is 5.87. The quantitative estimate of drug-likeness (QED) is 0.367. The minimum absolute atomic E-state index is 0.0421. The van der Waals surface area contributed by atoms with Gasteiger partial charge in [-0.05, 0) is 74.2 Å². The van der Waals surface area contributed by atoms with Crippen molar-refractivity contribution in [3.63, 3.8) is 0 Å². The van der Waals surface area contributed by atoms with Gasteiger partial charge in [-0.15, -0.1) is 0 Å². The molecule has 5 nitrogen and oxygen atoms in total. The molecule has 3 aromatic carbocycles. The van der Waals surface area contributed by atoms with E-state index in [0.29, 0.717) is 26.1 Å².